The molecule has 4 heteroatoms. The number of aliphatic hydroxyl groups excluding tert-OH is 1. The zero-order valence-electron chi connectivity index (χ0n) is 8.86. The lowest BCUT2D eigenvalue weighted by Crippen LogP contribution is -1.92. The first kappa shape index (κ1) is 11.9. The Kier molecular flexibility index (Phi) is 3.61. The topological polar surface area (TPSA) is 29.5 Å². The minimum atomic E-state index is -0.389. The predicted molar refractivity (Wildman–Crippen MR) is 63.8 cm³/mol. The molecule has 0 amide bonds. The maximum atomic E-state index is 13.0. The number of hydrogen-bond donors (Lipinski definition) is 1. The van der Waals surface area contributed by atoms with Crippen LogP contribution in [0.2, 0.25) is 5.02 Å². The maximum Gasteiger partial charge on any atom is 0.151 e. The van der Waals surface area contributed by atoms with Gasteiger partial charge >= 0.3 is 0 Å². The van der Waals surface area contributed by atoms with Gasteiger partial charge in [-0.15, -0.1) is 0 Å². The van der Waals surface area contributed by atoms with Crippen molar-refractivity contribution in [2.24, 2.45) is 0 Å². The van der Waals surface area contributed by atoms with Crippen LogP contribution < -0.4 is 4.74 Å². The Morgan fingerprint density at radius 2 is 1.94 bits per heavy atom. The van der Waals surface area contributed by atoms with Crippen molar-refractivity contribution in [2.75, 3.05) is 0 Å². The SMILES string of the molecule is OCc1cccc(Cl)c1Oc1cccc(F)c1. The third-order valence-corrected chi connectivity index (χ3v) is 2.53. The molecule has 0 fully saturated rings. The van der Waals surface area contributed by atoms with Gasteiger partial charge in [-0.1, -0.05) is 29.8 Å². The molecule has 0 heterocycles. The van der Waals surface area contributed by atoms with Crippen LogP contribution in [0.25, 0.3) is 0 Å². The third-order valence-electron chi connectivity index (χ3n) is 2.23. The van der Waals surface area contributed by atoms with Crippen LogP contribution in [0.4, 0.5) is 4.39 Å². The van der Waals surface area contributed by atoms with Crippen LogP contribution in [0.1, 0.15) is 5.56 Å². The summed E-state index contributed by atoms with van der Waals surface area (Å²) in [5.41, 5.74) is 0.557. The molecule has 0 bridgehead atoms. The van der Waals surface area contributed by atoms with E-state index in [0.717, 1.165) is 0 Å². The summed E-state index contributed by atoms with van der Waals surface area (Å²) in [6.45, 7) is -0.189. The van der Waals surface area contributed by atoms with E-state index in [1.165, 1.54) is 12.1 Å². The largest absolute Gasteiger partial charge is 0.455 e. The summed E-state index contributed by atoms with van der Waals surface area (Å²) in [7, 11) is 0. The second-order valence-electron chi connectivity index (χ2n) is 3.45. The normalized spacial score (nSPS) is 10.3. The Labute approximate surface area is 103 Å². The molecule has 88 valence electrons. The average Bonchev–Trinajstić information content (AvgIpc) is 2.32. The fourth-order valence-electron chi connectivity index (χ4n) is 1.44. The van der Waals surface area contributed by atoms with Gasteiger partial charge in [0, 0.05) is 11.6 Å². The predicted octanol–water partition coefficient (Wildman–Crippen LogP) is 3.76. The molecule has 0 radical (unpaired) electrons. The Balaban J connectivity index is 2.35. The Morgan fingerprint density at radius 3 is 2.65 bits per heavy atom. The molecule has 2 aromatic rings. The van der Waals surface area contributed by atoms with Gasteiger partial charge in [0.1, 0.15) is 11.6 Å². The van der Waals surface area contributed by atoms with Gasteiger partial charge in [0.25, 0.3) is 0 Å². The van der Waals surface area contributed by atoms with Crippen molar-refractivity contribution < 1.29 is 14.2 Å². The van der Waals surface area contributed by atoms with E-state index in [-0.39, 0.29) is 12.4 Å². The van der Waals surface area contributed by atoms with Crippen LogP contribution in [-0.2, 0) is 6.61 Å². The van der Waals surface area contributed by atoms with Crippen LogP contribution >= 0.6 is 11.6 Å². The second-order valence-corrected chi connectivity index (χ2v) is 3.85. The number of benzene rings is 2. The Bertz CT molecular complexity index is 529. The molecule has 0 saturated carbocycles. The summed E-state index contributed by atoms with van der Waals surface area (Å²) in [5.74, 6) is 0.301. The number of aliphatic hydroxyl groups is 1. The smallest absolute Gasteiger partial charge is 0.151 e. The highest BCUT2D eigenvalue weighted by Gasteiger charge is 2.09. The zero-order valence-corrected chi connectivity index (χ0v) is 9.62. The van der Waals surface area contributed by atoms with Crippen molar-refractivity contribution in [3.63, 3.8) is 0 Å². The molecule has 2 rings (SSSR count). The molecule has 0 aliphatic carbocycles. The summed E-state index contributed by atoms with van der Waals surface area (Å²) in [6, 6.07) is 10.8. The van der Waals surface area contributed by atoms with Crippen LogP contribution in [0.5, 0.6) is 11.5 Å². The van der Waals surface area contributed by atoms with E-state index in [1.54, 1.807) is 30.3 Å². The highest BCUT2D eigenvalue weighted by atomic mass is 35.5. The minimum absolute atomic E-state index is 0.189. The number of ether oxygens (including phenoxy) is 1. The molecule has 17 heavy (non-hydrogen) atoms. The van der Waals surface area contributed by atoms with Gasteiger partial charge in [0.05, 0.1) is 11.6 Å². The molecule has 0 saturated heterocycles. The molecule has 0 unspecified atom stereocenters. The van der Waals surface area contributed by atoms with Crippen LogP contribution in [0, 0.1) is 5.82 Å². The summed E-state index contributed by atoms with van der Waals surface area (Å²) in [5, 5.41) is 9.54. The zero-order chi connectivity index (χ0) is 12.3. The van der Waals surface area contributed by atoms with Crippen molar-refractivity contribution in [2.45, 2.75) is 6.61 Å². The minimum Gasteiger partial charge on any atom is -0.455 e. The first-order valence-electron chi connectivity index (χ1n) is 5.02. The summed E-state index contributed by atoms with van der Waals surface area (Å²) in [4.78, 5) is 0. The first-order valence-corrected chi connectivity index (χ1v) is 5.40. The Morgan fingerprint density at radius 1 is 1.18 bits per heavy atom. The summed E-state index contributed by atoms with van der Waals surface area (Å²) < 4.78 is 18.5. The standard InChI is InChI=1S/C13H10ClFO2/c14-12-6-1-3-9(8-16)13(12)17-11-5-2-4-10(15)7-11/h1-7,16H,8H2. The van der Waals surface area contributed by atoms with Crippen molar-refractivity contribution in [1.29, 1.82) is 0 Å². The van der Waals surface area contributed by atoms with E-state index < -0.39 is 0 Å². The van der Waals surface area contributed by atoms with Gasteiger partial charge in [-0.3, -0.25) is 0 Å². The molecular formula is C13H10ClFO2. The van der Waals surface area contributed by atoms with E-state index in [9.17, 15) is 4.39 Å². The highest BCUT2D eigenvalue weighted by molar-refractivity contribution is 6.32. The summed E-state index contributed by atoms with van der Waals surface area (Å²) in [6.07, 6.45) is 0. The molecule has 0 spiro atoms. The first-order chi connectivity index (χ1) is 8.20. The molecular weight excluding hydrogens is 243 g/mol. The van der Waals surface area contributed by atoms with Gasteiger partial charge < -0.3 is 9.84 Å². The van der Waals surface area contributed by atoms with Crippen molar-refractivity contribution in [3.8, 4) is 11.5 Å². The van der Waals surface area contributed by atoms with E-state index in [1.807, 2.05) is 0 Å². The monoisotopic (exact) mass is 252 g/mol. The molecule has 0 atom stereocenters. The molecule has 1 N–H and O–H groups in total. The average molecular weight is 253 g/mol. The molecule has 0 aliphatic rings. The number of hydrogen-bond acceptors (Lipinski definition) is 2. The highest BCUT2D eigenvalue weighted by Crippen LogP contribution is 2.33. The van der Waals surface area contributed by atoms with Gasteiger partial charge in [-0.25, -0.2) is 4.39 Å². The van der Waals surface area contributed by atoms with E-state index in [2.05, 4.69) is 0 Å². The fourth-order valence-corrected chi connectivity index (χ4v) is 1.67. The van der Waals surface area contributed by atoms with E-state index in [4.69, 9.17) is 21.4 Å². The van der Waals surface area contributed by atoms with Crippen molar-refractivity contribution in [3.05, 3.63) is 58.9 Å². The lowest BCUT2D eigenvalue weighted by molar-refractivity contribution is 0.276. The third kappa shape index (κ3) is 2.75. The fraction of sp³-hybridized carbons (Fsp3) is 0.0769. The van der Waals surface area contributed by atoms with Crippen LogP contribution in [-0.4, -0.2) is 5.11 Å². The molecule has 2 aromatic carbocycles. The van der Waals surface area contributed by atoms with Gasteiger partial charge in [0.2, 0.25) is 0 Å². The van der Waals surface area contributed by atoms with Crippen molar-refractivity contribution in [1.82, 2.24) is 0 Å². The van der Waals surface area contributed by atoms with Crippen LogP contribution in [0.15, 0.2) is 42.5 Å². The molecule has 2 nitrogen and oxygen atoms in total. The lowest BCUT2D eigenvalue weighted by Gasteiger charge is -2.11. The lowest BCUT2D eigenvalue weighted by atomic mass is 10.2. The van der Waals surface area contributed by atoms with Gasteiger partial charge in [0.15, 0.2) is 5.75 Å². The maximum absolute atomic E-state index is 13.0. The summed E-state index contributed by atoms with van der Waals surface area (Å²) >= 11 is 5.97. The van der Waals surface area contributed by atoms with Crippen LogP contribution in [0.3, 0.4) is 0 Å². The molecule has 0 aromatic heterocycles. The molecule has 0 aliphatic heterocycles. The van der Waals surface area contributed by atoms with E-state index in [0.29, 0.717) is 22.1 Å². The Hall–Kier alpha value is -1.58. The van der Waals surface area contributed by atoms with Crippen molar-refractivity contribution >= 4 is 11.6 Å². The second kappa shape index (κ2) is 5.17. The number of halogens is 2. The number of para-hydroxylation sites is 1. The quantitative estimate of drug-likeness (QED) is 0.901. The van der Waals surface area contributed by atoms with E-state index >= 15 is 0 Å². The number of rotatable bonds is 3. The van der Waals surface area contributed by atoms with Gasteiger partial charge in [-0.05, 0) is 18.2 Å². The van der Waals surface area contributed by atoms with Gasteiger partial charge in [-0.2, -0.15) is 0 Å².